The van der Waals surface area contributed by atoms with Crippen molar-refractivity contribution >= 4 is 11.7 Å². The summed E-state index contributed by atoms with van der Waals surface area (Å²) in [6.45, 7) is 4.79. The predicted molar refractivity (Wildman–Crippen MR) is 71.7 cm³/mol. The van der Waals surface area contributed by atoms with Crippen molar-refractivity contribution in [2.75, 3.05) is 12.3 Å². The van der Waals surface area contributed by atoms with Gasteiger partial charge in [-0.15, -0.1) is 0 Å². The van der Waals surface area contributed by atoms with Crippen molar-refractivity contribution in [2.45, 2.75) is 26.4 Å². The van der Waals surface area contributed by atoms with Gasteiger partial charge in [-0.1, -0.05) is 0 Å². The third kappa shape index (κ3) is 3.15. The summed E-state index contributed by atoms with van der Waals surface area (Å²) in [5.41, 5.74) is 6.76. The van der Waals surface area contributed by atoms with Crippen LogP contribution in [0, 0.1) is 0 Å². The average molecular weight is 262 g/mol. The fourth-order valence-corrected chi connectivity index (χ4v) is 1.83. The van der Waals surface area contributed by atoms with Gasteiger partial charge < -0.3 is 15.0 Å². The first-order valence-electron chi connectivity index (χ1n) is 6.20. The standard InChI is InChI=1S/C13H18N4O2/c1-10(2)17-9-11(14)8-12(17)13(18)19-7-6-16-5-3-4-15-16/h3-5,8-10H,6-7,14H2,1-2H3. The molecule has 0 bridgehead atoms. The number of aromatic nitrogens is 3. The molecule has 6 nitrogen and oxygen atoms in total. The van der Waals surface area contributed by atoms with E-state index in [9.17, 15) is 4.79 Å². The Bertz CT molecular complexity index is 543. The van der Waals surface area contributed by atoms with Crippen LogP contribution in [0.15, 0.2) is 30.7 Å². The van der Waals surface area contributed by atoms with Gasteiger partial charge in [-0.25, -0.2) is 4.79 Å². The maximum absolute atomic E-state index is 12.0. The molecule has 0 aromatic carbocycles. The molecule has 0 fully saturated rings. The number of nitrogens with two attached hydrogens (primary N) is 1. The lowest BCUT2D eigenvalue weighted by molar-refractivity contribution is 0.0473. The zero-order valence-electron chi connectivity index (χ0n) is 11.1. The van der Waals surface area contributed by atoms with E-state index >= 15 is 0 Å². The third-order valence-corrected chi connectivity index (χ3v) is 2.75. The summed E-state index contributed by atoms with van der Waals surface area (Å²) < 4.78 is 8.75. The highest BCUT2D eigenvalue weighted by atomic mass is 16.5. The quantitative estimate of drug-likeness (QED) is 0.832. The monoisotopic (exact) mass is 262 g/mol. The number of nitrogen functional groups attached to an aromatic ring is 1. The Morgan fingerprint density at radius 2 is 2.32 bits per heavy atom. The van der Waals surface area contributed by atoms with Gasteiger partial charge in [-0.2, -0.15) is 5.10 Å². The molecule has 6 heteroatoms. The Hall–Kier alpha value is -2.24. The van der Waals surface area contributed by atoms with E-state index in [4.69, 9.17) is 10.5 Å². The summed E-state index contributed by atoms with van der Waals surface area (Å²) in [5, 5.41) is 4.04. The van der Waals surface area contributed by atoms with Crippen LogP contribution in [0.1, 0.15) is 30.4 Å². The number of carbonyl (C=O) groups excluding carboxylic acids is 1. The number of ether oxygens (including phenoxy) is 1. The fraction of sp³-hybridized carbons (Fsp3) is 0.385. The van der Waals surface area contributed by atoms with Crippen LogP contribution < -0.4 is 5.73 Å². The Kier molecular flexibility index (Phi) is 3.89. The minimum absolute atomic E-state index is 0.158. The molecule has 0 radical (unpaired) electrons. The van der Waals surface area contributed by atoms with Crippen LogP contribution in [0.3, 0.4) is 0 Å². The second-order valence-electron chi connectivity index (χ2n) is 4.56. The molecule has 2 N–H and O–H groups in total. The molecule has 2 aromatic heterocycles. The second-order valence-corrected chi connectivity index (χ2v) is 4.56. The van der Waals surface area contributed by atoms with Crippen molar-refractivity contribution in [1.29, 1.82) is 0 Å². The molecule has 0 saturated heterocycles. The number of rotatable bonds is 5. The van der Waals surface area contributed by atoms with Crippen LogP contribution in [0.4, 0.5) is 5.69 Å². The molecule has 0 saturated carbocycles. The summed E-state index contributed by atoms with van der Waals surface area (Å²) in [5.74, 6) is -0.363. The first-order chi connectivity index (χ1) is 9.08. The Balaban J connectivity index is 1.96. The molecule has 0 aliphatic carbocycles. The summed E-state index contributed by atoms with van der Waals surface area (Å²) >= 11 is 0. The molecule has 2 rings (SSSR count). The zero-order valence-corrected chi connectivity index (χ0v) is 11.1. The number of hydrogen-bond donors (Lipinski definition) is 1. The maximum Gasteiger partial charge on any atom is 0.355 e. The zero-order chi connectivity index (χ0) is 13.8. The highest BCUT2D eigenvalue weighted by Crippen LogP contribution is 2.17. The Morgan fingerprint density at radius 1 is 1.53 bits per heavy atom. The van der Waals surface area contributed by atoms with Gasteiger partial charge in [0.1, 0.15) is 12.3 Å². The number of carbonyl (C=O) groups is 1. The van der Waals surface area contributed by atoms with E-state index in [1.54, 1.807) is 23.1 Å². The van der Waals surface area contributed by atoms with Gasteiger partial charge in [0.05, 0.1) is 12.2 Å². The van der Waals surface area contributed by atoms with Crippen LogP contribution in [0.25, 0.3) is 0 Å². The second kappa shape index (κ2) is 5.60. The van der Waals surface area contributed by atoms with E-state index in [-0.39, 0.29) is 18.6 Å². The van der Waals surface area contributed by atoms with Gasteiger partial charge in [0.2, 0.25) is 0 Å². The number of esters is 1. The van der Waals surface area contributed by atoms with Crippen molar-refractivity contribution in [1.82, 2.24) is 14.3 Å². The highest BCUT2D eigenvalue weighted by Gasteiger charge is 2.15. The van der Waals surface area contributed by atoms with Crippen LogP contribution in [0.2, 0.25) is 0 Å². The van der Waals surface area contributed by atoms with E-state index in [2.05, 4.69) is 5.10 Å². The number of hydrogen-bond acceptors (Lipinski definition) is 4. The third-order valence-electron chi connectivity index (χ3n) is 2.75. The molecular formula is C13H18N4O2. The first kappa shape index (κ1) is 13.2. The minimum Gasteiger partial charge on any atom is -0.459 e. The van der Waals surface area contributed by atoms with E-state index in [1.165, 1.54) is 0 Å². The van der Waals surface area contributed by atoms with Gasteiger partial charge in [0.15, 0.2) is 0 Å². The largest absolute Gasteiger partial charge is 0.459 e. The lowest BCUT2D eigenvalue weighted by Crippen LogP contribution is -2.16. The van der Waals surface area contributed by atoms with Gasteiger partial charge in [0.25, 0.3) is 0 Å². The Morgan fingerprint density at radius 3 is 2.95 bits per heavy atom. The smallest absolute Gasteiger partial charge is 0.355 e. The first-order valence-corrected chi connectivity index (χ1v) is 6.20. The van der Waals surface area contributed by atoms with Gasteiger partial charge in [-0.05, 0) is 26.0 Å². The molecule has 19 heavy (non-hydrogen) atoms. The van der Waals surface area contributed by atoms with Crippen LogP contribution in [0.5, 0.6) is 0 Å². The van der Waals surface area contributed by atoms with Gasteiger partial charge in [-0.3, -0.25) is 4.68 Å². The molecule has 0 aliphatic rings. The van der Waals surface area contributed by atoms with Gasteiger partial charge >= 0.3 is 5.97 Å². The van der Waals surface area contributed by atoms with Crippen molar-refractivity contribution in [3.8, 4) is 0 Å². The number of anilines is 1. The topological polar surface area (TPSA) is 75.1 Å². The number of nitrogens with zero attached hydrogens (tertiary/aromatic N) is 3. The van der Waals surface area contributed by atoms with Crippen molar-refractivity contribution in [3.05, 3.63) is 36.4 Å². The van der Waals surface area contributed by atoms with Crippen LogP contribution >= 0.6 is 0 Å². The molecule has 0 unspecified atom stereocenters. The molecule has 0 spiro atoms. The lowest BCUT2D eigenvalue weighted by Gasteiger charge is -2.12. The van der Waals surface area contributed by atoms with E-state index in [0.29, 0.717) is 17.9 Å². The van der Waals surface area contributed by atoms with Crippen molar-refractivity contribution in [2.24, 2.45) is 0 Å². The Labute approximate surface area is 111 Å². The molecule has 102 valence electrons. The lowest BCUT2D eigenvalue weighted by atomic mass is 10.3. The van der Waals surface area contributed by atoms with Crippen molar-refractivity contribution in [3.63, 3.8) is 0 Å². The molecular weight excluding hydrogens is 244 g/mol. The fourth-order valence-electron chi connectivity index (χ4n) is 1.83. The molecule has 2 aromatic rings. The van der Waals surface area contributed by atoms with E-state index in [1.807, 2.05) is 30.7 Å². The molecule has 2 heterocycles. The maximum atomic E-state index is 12.0. The summed E-state index contributed by atoms with van der Waals surface area (Å²) in [6.07, 6.45) is 5.25. The normalized spacial score (nSPS) is 10.9. The van der Waals surface area contributed by atoms with E-state index in [0.717, 1.165) is 0 Å². The molecule has 0 atom stereocenters. The molecule has 0 aliphatic heterocycles. The van der Waals surface area contributed by atoms with Crippen LogP contribution in [-0.2, 0) is 11.3 Å². The SMILES string of the molecule is CC(C)n1cc(N)cc1C(=O)OCCn1cccn1. The van der Waals surface area contributed by atoms with Crippen molar-refractivity contribution < 1.29 is 9.53 Å². The molecule has 0 amide bonds. The highest BCUT2D eigenvalue weighted by molar-refractivity contribution is 5.89. The predicted octanol–water partition coefficient (Wildman–Crippen LogP) is 1.70. The summed E-state index contributed by atoms with van der Waals surface area (Å²) in [6, 6.07) is 3.62. The average Bonchev–Trinajstić information content (AvgIpc) is 2.98. The summed E-state index contributed by atoms with van der Waals surface area (Å²) in [4.78, 5) is 12.0. The summed E-state index contributed by atoms with van der Waals surface area (Å²) in [7, 11) is 0. The van der Waals surface area contributed by atoms with E-state index < -0.39 is 0 Å². The minimum atomic E-state index is -0.363. The van der Waals surface area contributed by atoms with Gasteiger partial charge in [0, 0.05) is 24.6 Å². The van der Waals surface area contributed by atoms with Crippen LogP contribution in [-0.4, -0.2) is 26.9 Å².